The van der Waals surface area contributed by atoms with Crippen LogP contribution in [-0.4, -0.2) is 24.7 Å². The highest BCUT2D eigenvalue weighted by molar-refractivity contribution is 9.09. The number of esters is 1. The third-order valence-electron chi connectivity index (χ3n) is 4.06. The van der Waals surface area contributed by atoms with Gasteiger partial charge in [0, 0.05) is 10.9 Å². The van der Waals surface area contributed by atoms with Gasteiger partial charge in [-0.2, -0.15) is 0 Å². The number of ether oxygens (including phenoxy) is 1. The SMILES string of the molecule is CC(C)(OC(=O)C(Br)c1ccc(Cl)cc1)C1CCNCC1. The van der Waals surface area contributed by atoms with Gasteiger partial charge in [-0.05, 0) is 57.5 Å². The summed E-state index contributed by atoms with van der Waals surface area (Å²) in [5.74, 6) is 0.147. The van der Waals surface area contributed by atoms with E-state index in [0.29, 0.717) is 10.9 Å². The van der Waals surface area contributed by atoms with Gasteiger partial charge in [0.15, 0.2) is 0 Å². The molecule has 0 aliphatic carbocycles. The van der Waals surface area contributed by atoms with E-state index in [4.69, 9.17) is 16.3 Å². The van der Waals surface area contributed by atoms with Crippen molar-refractivity contribution in [3.8, 4) is 0 Å². The van der Waals surface area contributed by atoms with Crippen molar-refractivity contribution >= 4 is 33.5 Å². The van der Waals surface area contributed by atoms with Gasteiger partial charge in [0.1, 0.15) is 10.4 Å². The second kappa shape index (κ2) is 7.12. The van der Waals surface area contributed by atoms with E-state index in [1.807, 2.05) is 26.0 Å². The van der Waals surface area contributed by atoms with Crippen molar-refractivity contribution in [3.05, 3.63) is 34.9 Å². The van der Waals surface area contributed by atoms with Crippen molar-refractivity contribution < 1.29 is 9.53 Å². The smallest absolute Gasteiger partial charge is 0.324 e. The number of carbonyl (C=O) groups excluding carboxylic acids is 1. The summed E-state index contributed by atoms with van der Waals surface area (Å²) in [6, 6.07) is 7.22. The summed E-state index contributed by atoms with van der Waals surface area (Å²) in [6.07, 6.45) is 2.07. The molecule has 0 bridgehead atoms. The minimum absolute atomic E-state index is 0.249. The molecule has 1 N–H and O–H groups in total. The third kappa shape index (κ3) is 4.44. The van der Waals surface area contributed by atoms with Crippen molar-refractivity contribution in [2.45, 2.75) is 37.1 Å². The van der Waals surface area contributed by atoms with E-state index < -0.39 is 10.4 Å². The summed E-state index contributed by atoms with van der Waals surface area (Å²) < 4.78 is 5.78. The van der Waals surface area contributed by atoms with E-state index in [1.165, 1.54) is 0 Å². The van der Waals surface area contributed by atoms with Crippen LogP contribution in [0.1, 0.15) is 37.1 Å². The van der Waals surface area contributed by atoms with Crippen LogP contribution < -0.4 is 5.32 Å². The quantitative estimate of drug-likeness (QED) is 0.637. The van der Waals surface area contributed by atoms with Crippen LogP contribution in [0, 0.1) is 5.92 Å². The lowest BCUT2D eigenvalue weighted by atomic mass is 9.83. The van der Waals surface area contributed by atoms with Gasteiger partial charge in [-0.3, -0.25) is 4.79 Å². The lowest BCUT2D eigenvalue weighted by molar-refractivity contribution is -0.162. The molecule has 0 amide bonds. The number of halogens is 2. The molecule has 3 nitrogen and oxygen atoms in total. The van der Waals surface area contributed by atoms with Crippen molar-refractivity contribution in [1.82, 2.24) is 5.32 Å². The molecule has 1 aromatic rings. The Kier molecular flexibility index (Phi) is 5.69. The molecule has 1 aliphatic heterocycles. The molecular weight excluding hydrogens is 354 g/mol. The van der Waals surface area contributed by atoms with Gasteiger partial charge in [0.25, 0.3) is 0 Å². The van der Waals surface area contributed by atoms with Crippen LogP contribution >= 0.6 is 27.5 Å². The normalized spacial score (nSPS) is 18.3. The van der Waals surface area contributed by atoms with E-state index in [2.05, 4.69) is 21.2 Å². The van der Waals surface area contributed by atoms with Crippen LogP contribution in [0.2, 0.25) is 5.02 Å². The Balaban J connectivity index is 2.00. The van der Waals surface area contributed by atoms with Gasteiger partial charge in [0.2, 0.25) is 0 Å². The van der Waals surface area contributed by atoms with E-state index in [9.17, 15) is 4.79 Å². The number of piperidine rings is 1. The van der Waals surface area contributed by atoms with Crippen molar-refractivity contribution in [3.63, 3.8) is 0 Å². The molecule has 1 unspecified atom stereocenters. The summed E-state index contributed by atoms with van der Waals surface area (Å²) in [5, 5.41) is 3.99. The standard InChI is InChI=1S/C16H21BrClNO2/c1-16(2,12-7-9-19-10-8-12)21-15(20)14(17)11-3-5-13(18)6-4-11/h3-6,12,14,19H,7-10H2,1-2H3. The summed E-state index contributed by atoms with van der Waals surface area (Å²) in [6.45, 7) is 5.98. The van der Waals surface area contributed by atoms with Crippen molar-refractivity contribution in [2.75, 3.05) is 13.1 Å². The highest BCUT2D eigenvalue weighted by Crippen LogP contribution is 2.33. The number of hydrogen-bond acceptors (Lipinski definition) is 3. The van der Waals surface area contributed by atoms with Gasteiger partial charge in [-0.1, -0.05) is 39.7 Å². The topological polar surface area (TPSA) is 38.3 Å². The zero-order chi connectivity index (χ0) is 15.5. The Labute approximate surface area is 139 Å². The van der Waals surface area contributed by atoms with Gasteiger partial charge in [-0.25, -0.2) is 0 Å². The fourth-order valence-electron chi connectivity index (χ4n) is 2.68. The third-order valence-corrected chi connectivity index (χ3v) is 5.21. The number of rotatable bonds is 4. The molecule has 1 fully saturated rings. The molecule has 1 aliphatic rings. The van der Waals surface area contributed by atoms with E-state index >= 15 is 0 Å². The second-order valence-electron chi connectivity index (χ2n) is 5.96. The maximum absolute atomic E-state index is 12.4. The van der Waals surface area contributed by atoms with Gasteiger partial charge >= 0.3 is 5.97 Å². The highest BCUT2D eigenvalue weighted by Gasteiger charge is 2.35. The van der Waals surface area contributed by atoms with Gasteiger partial charge < -0.3 is 10.1 Å². The first-order valence-electron chi connectivity index (χ1n) is 7.23. The molecule has 0 radical (unpaired) electrons. The number of hydrogen-bond donors (Lipinski definition) is 1. The first kappa shape index (κ1) is 16.8. The molecule has 1 saturated heterocycles. The molecule has 21 heavy (non-hydrogen) atoms. The Morgan fingerprint density at radius 2 is 1.90 bits per heavy atom. The molecule has 116 valence electrons. The largest absolute Gasteiger partial charge is 0.458 e. The lowest BCUT2D eigenvalue weighted by Crippen LogP contribution is -2.43. The summed E-state index contributed by atoms with van der Waals surface area (Å²) in [7, 11) is 0. The van der Waals surface area contributed by atoms with E-state index in [0.717, 1.165) is 31.5 Å². The minimum atomic E-state index is -0.462. The summed E-state index contributed by atoms with van der Waals surface area (Å²) in [4.78, 5) is 11.9. The highest BCUT2D eigenvalue weighted by atomic mass is 79.9. The Morgan fingerprint density at radius 1 is 1.33 bits per heavy atom. The van der Waals surface area contributed by atoms with Gasteiger partial charge in [0.05, 0.1) is 0 Å². The zero-order valence-electron chi connectivity index (χ0n) is 12.4. The average Bonchev–Trinajstić information content (AvgIpc) is 2.48. The molecule has 2 rings (SSSR count). The zero-order valence-corrected chi connectivity index (χ0v) is 14.7. The predicted octanol–water partition coefficient (Wildman–Crippen LogP) is 4.10. The molecule has 5 heteroatoms. The minimum Gasteiger partial charge on any atom is -0.458 e. The van der Waals surface area contributed by atoms with Crippen LogP contribution in [0.4, 0.5) is 0 Å². The van der Waals surface area contributed by atoms with Crippen LogP contribution in [0.25, 0.3) is 0 Å². The maximum atomic E-state index is 12.4. The molecule has 1 atom stereocenters. The maximum Gasteiger partial charge on any atom is 0.324 e. The molecule has 1 heterocycles. The van der Waals surface area contributed by atoms with Crippen LogP contribution in [0.15, 0.2) is 24.3 Å². The summed E-state index contributed by atoms with van der Waals surface area (Å²) >= 11 is 9.29. The number of nitrogens with one attached hydrogen (secondary N) is 1. The van der Waals surface area contributed by atoms with Crippen LogP contribution in [0.3, 0.4) is 0 Å². The van der Waals surface area contributed by atoms with Crippen molar-refractivity contribution in [2.24, 2.45) is 5.92 Å². The monoisotopic (exact) mass is 373 g/mol. The fourth-order valence-corrected chi connectivity index (χ4v) is 3.20. The lowest BCUT2D eigenvalue weighted by Gasteiger charge is -2.37. The number of benzene rings is 1. The first-order valence-corrected chi connectivity index (χ1v) is 8.52. The molecular formula is C16H21BrClNO2. The van der Waals surface area contributed by atoms with E-state index in [-0.39, 0.29) is 5.97 Å². The molecule has 0 aromatic heterocycles. The van der Waals surface area contributed by atoms with Crippen LogP contribution in [0.5, 0.6) is 0 Å². The Morgan fingerprint density at radius 3 is 2.48 bits per heavy atom. The Bertz CT molecular complexity index is 484. The number of alkyl halides is 1. The predicted molar refractivity (Wildman–Crippen MR) is 88.9 cm³/mol. The molecule has 1 aromatic carbocycles. The molecule has 0 saturated carbocycles. The fraction of sp³-hybridized carbons (Fsp3) is 0.562. The van der Waals surface area contributed by atoms with Crippen molar-refractivity contribution in [1.29, 1.82) is 0 Å². The summed E-state index contributed by atoms with van der Waals surface area (Å²) in [5.41, 5.74) is 0.406. The van der Waals surface area contributed by atoms with Crippen LogP contribution in [-0.2, 0) is 9.53 Å². The second-order valence-corrected chi connectivity index (χ2v) is 7.32. The average molecular weight is 375 g/mol. The van der Waals surface area contributed by atoms with Gasteiger partial charge in [-0.15, -0.1) is 0 Å². The first-order chi connectivity index (χ1) is 9.90. The number of carbonyl (C=O) groups is 1. The molecule has 0 spiro atoms. The van der Waals surface area contributed by atoms with E-state index in [1.54, 1.807) is 12.1 Å². The Hall–Kier alpha value is -0.580.